The molecular formula is C12H21N5S. The van der Waals surface area contributed by atoms with Crippen LogP contribution in [0.2, 0.25) is 0 Å². The van der Waals surface area contributed by atoms with Crippen LogP contribution in [-0.4, -0.2) is 32.6 Å². The number of aromatic nitrogens is 3. The van der Waals surface area contributed by atoms with Gasteiger partial charge in [0, 0.05) is 12.8 Å². The molecule has 5 nitrogen and oxygen atoms in total. The van der Waals surface area contributed by atoms with Gasteiger partial charge in [0.25, 0.3) is 0 Å². The Morgan fingerprint density at radius 1 is 1.50 bits per heavy atom. The first kappa shape index (κ1) is 15.0. The lowest BCUT2D eigenvalue weighted by Crippen LogP contribution is -2.40. The summed E-state index contributed by atoms with van der Waals surface area (Å²) in [5, 5.41) is 21.4. The molecule has 0 saturated heterocycles. The van der Waals surface area contributed by atoms with Crippen LogP contribution >= 0.6 is 11.8 Å². The topological polar surface area (TPSA) is 66.5 Å². The normalized spacial score (nSPS) is 14.2. The van der Waals surface area contributed by atoms with Crippen molar-refractivity contribution in [1.29, 1.82) is 5.26 Å². The third kappa shape index (κ3) is 4.00. The lowest BCUT2D eigenvalue weighted by atomic mass is 9.98. The molecule has 6 heteroatoms. The molecule has 1 unspecified atom stereocenters. The lowest BCUT2D eigenvalue weighted by molar-refractivity contribution is 0.426. The molecular weight excluding hydrogens is 246 g/mol. The van der Waals surface area contributed by atoms with Gasteiger partial charge in [-0.25, -0.2) is 0 Å². The zero-order chi connectivity index (χ0) is 13.6. The lowest BCUT2D eigenvalue weighted by Gasteiger charge is -2.22. The summed E-state index contributed by atoms with van der Waals surface area (Å²) in [6.45, 7) is 6.73. The van der Waals surface area contributed by atoms with Crippen LogP contribution in [0.15, 0.2) is 5.16 Å². The fourth-order valence-electron chi connectivity index (χ4n) is 1.68. The first-order chi connectivity index (χ1) is 8.52. The number of nitriles is 1. The summed E-state index contributed by atoms with van der Waals surface area (Å²) in [5.74, 6) is 1.88. The van der Waals surface area contributed by atoms with Gasteiger partial charge in [-0.05, 0) is 33.2 Å². The zero-order valence-corrected chi connectivity index (χ0v) is 12.3. The second-order valence-corrected chi connectivity index (χ2v) is 5.58. The Bertz CT molecular complexity index is 423. The van der Waals surface area contributed by atoms with Gasteiger partial charge in [0.05, 0.1) is 6.07 Å². The van der Waals surface area contributed by atoms with E-state index in [0.29, 0.717) is 0 Å². The number of nitrogens with one attached hydrogen (secondary N) is 1. The average Bonchev–Trinajstić information content (AvgIpc) is 2.67. The largest absolute Gasteiger partial charge is 0.309 e. The highest BCUT2D eigenvalue weighted by Crippen LogP contribution is 2.19. The van der Waals surface area contributed by atoms with E-state index in [2.05, 4.69) is 21.6 Å². The van der Waals surface area contributed by atoms with E-state index >= 15 is 0 Å². The third-order valence-electron chi connectivity index (χ3n) is 2.92. The maximum absolute atomic E-state index is 9.13. The second-order valence-electron chi connectivity index (χ2n) is 4.52. The highest BCUT2D eigenvalue weighted by atomic mass is 32.2. The number of nitrogens with zero attached hydrogens (tertiary/aromatic N) is 4. The van der Waals surface area contributed by atoms with Crippen LogP contribution < -0.4 is 5.32 Å². The predicted molar refractivity (Wildman–Crippen MR) is 73.4 cm³/mol. The molecule has 1 N–H and O–H groups in total. The first-order valence-electron chi connectivity index (χ1n) is 6.17. The van der Waals surface area contributed by atoms with Gasteiger partial charge >= 0.3 is 0 Å². The zero-order valence-electron chi connectivity index (χ0n) is 11.5. The molecule has 1 atom stereocenters. The third-order valence-corrected chi connectivity index (χ3v) is 4.03. The van der Waals surface area contributed by atoms with Gasteiger partial charge in [-0.3, -0.25) is 5.32 Å². The Morgan fingerprint density at radius 3 is 2.72 bits per heavy atom. The van der Waals surface area contributed by atoms with E-state index in [1.54, 1.807) is 11.8 Å². The van der Waals surface area contributed by atoms with Crippen molar-refractivity contribution >= 4 is 11.8 Å². The quantitative estimate of drug-likeness (QED) is 0.603. The number of thioether (sulfide) groups is 1. The van der Waals surface area contributed by atoms with Gasteiger partial charge in [-0.2, -0.15) is 5.26 Å². The van der Waals surface area contributed by atoms with Crippen LogP contribution in [0.1, 0.15) is 32.5 Å². The predicted octanol–water partition coefficient (Wildman–Crippen LogP) is 1.89. The molecule has 0 amide bonds. The summed E-state index contributed by atoms with van der Waals surface area (Å²) in [6, 6.07) is 2.34. The Kier molecular flexibility index (Phi) is 5.63. The molecule has 0 aromatic carbocycles. The van der Waals surface area contributed by atoms with E-state index in [0.717, 1.165) is 36.1 Å². The highest BCUT2D eigenvalue weighted by Gasteiger charge is 2.21. The van der Waals surface area contributed by atoms with Gasteiger partial charge < -0.3 is 4.57 Å². The molecule has 0 aliphatic carbocycles. The maximum Gasteiger partial charge on any atom is 0.190 e. The van der Waals surface area contributed by atoms with Crippen LogP contribution in [0.4, 0.5) is 0 Å². The van der Waals surface area contributed by atoms with E-state index in [9.17, 15) is 0 Å². The van der Waals surface area contributed by atoms with Gasteiger partial charge in [-0.1, -0.05) is 18.7 Å². The number of hydrogen-bond acceptors (Lipinski definition) is 5. The SMILES string of the molecule is CCNC(C)(C#N)CCCSc1nnc(C)n1C. The van der Waals surface area contributed by atoms with Crippen molar-refractivity contribution in [1.82, 2.24) is 20.1 Å². The van der Waals surface area contributed by atoms with E-state index < -0.39 is 5.54 Å². The molecule has 100 valence electrons. The van der Waals surface area contributed by atoms with Crippen LogP contribution in [-0.2, 0) is 7.05 Å². The van der Waals surface area contributed by atoms with Gasteiger partial charge in [0.1, 0.15) is 11.4 Å². The molecule has 0 fully saturated rings. The molecule has 0 spiro atoms. The van der Waals surface area contributed by atoms with Crippen LogP contribution in [0.3, 0.4) is 0 Å². The smallest absolute Gasteiger partial charge is 0.190 e. The Hall–Kier alpha value is -1.06. The standard InChI is InChI=1S/C12H21N5S/c1-5-14-12(3,9-13)7-6-8-18-11-16-15-10(2)17(11)4/h14H,5-8H2,1-4H3. The summed E-state index contributed by atoms with van der Waals surface area (Å²) < 4.78 is 1.98. The molecule has 0 aliphatic rings. The fraction of sp³-hybridized carbons (Fsp3) is 0.750. The number of rotatable bonds is 7. The van der Waals surface area contributed by atoms with Crippen molar-refractivity contribution in [3.8, 4) is 6.07 Å². The van der Waals surface area contributed by atoms with Crippen molar-refractivity contribution in [2.24, 2.45) is 7.05 Å². The van der Waals surface area contributed by atoms with Crippen molar-refractivity contribution < 1.29 is 0 Å². The van der Waals surface area contributed by atoms with Crippen molar-refractivity contribution in [2.75, 3.05) is 12.3 Å². The summed E-state index contributed by atoms with van der Waals surface area (Å²) in [5.41, 5.74) is -0.412. The minimum Gasteiger partial charge on any atom is -0.309 e. The average molecular weight is 267 g/mol. The molecule has 18 heavy (non-hydrogen) atoms. The van der Waals surface area contributed by atoms with Gasteiger partial charge in [0.15, 0.2) is 5.16 Å². The van der Waals surface area contributed by atoms with Crippen molar-refractivity contribution in [3.05, 3.63) is 5.82 Å². The van der Waals surface area contributed by atoms with Crippen molar-refractivity contribution in [2.45, 2.75) is 44.3 Å². The molecule has 1 rings (SSSR count). The van der Waals surface area contributed by atoms with Gasteiger partial charge in [-0.15, -0.1) is 10.2 Å². The van der Waals surface area contributed by atoms with E-state index in [4.69, 9.17) is 5.26 Å². The van der Waals surface area contributed by atoms with Crippen LogP contribution in [0.25, 0.3) is 0 Å². The molecule has 1 aromatic heterocycles. The highest BCUT2D eigenvalue weighted by molar-refractivity contribution is 7.99. The Morgan fingerprint density at radius 2 is 2.22 bits per heavy atom. The minimum absolute atomic E-state index is 0.412. The van der Waals surface area contributed by atoms with Crippen LogP contribution in [0, 0.1) is 18.3 Å². The molecule has 0 saturated carbocycles. The van der Waals surface area contributed by atoms with E-state index in [-0.39, 0.29) is 0 Å². The first-order valence-corrected chi connectivity index (χ1v) is 7.16. The Labute approximate surface area is 113 Å². The fourth-order valence-corrected chi connectivity index (χ4v) is 2.57. The van der Waals surface area contributed by atoms with Gasteiger partial charge in [0.2, 0.25) is 0 Å². The number of aryl methyl sites for hydroxylation is 1. The van der Waals surface area contributed by atoms with E-state index in [1.165, 1.54) is 0 Å². The summed E-state index contributed by atoms with van der Waals surface area (Å²) in [7, 11) is 1.97. The molecule has 1 aromatic rings. The second kappa shape index (κ2) is 6.76. The minimum atomic E-state index is -0.412. The summed E-state index contributed by atoms with van der Waals surface area (Å²) in [4.78, 5) is 0. The maximum atomic E-state index is 9.13. The summed E-state index contributed by atoms with van der Waals surface area (Å²) in [6.07, 6.45) is 1.83. The molecule has 1 heterocycles. The van der Waals surface area contributed by atoms with Crippen LogP contribution in [0.5, 0.6) is 0 Å². The summed E-state index contributed by atoms with van der Waals surface area (Å²) >= 11 is 1.69. The molecule has 0 aliphatic heterocycles. The molecule has 0 radical (unpaired) electrons. The van der Waals surface area contributed by atoms with E-state index in [1.807, 2.05) is 32.4 Å². The van der Waals surface area contributed by atoms with Crippen molar-refractivity contribution in [3.63, 3.8) is 0 Å². The number of hydrogen-bond donors (Lipinski definition) is 1. The Balaban J connectivity index is 2.35. The molecule has 0 bridgehead atoms. The monoisotopic (exact) mass is 267 g/mol.